The predicted molar refractivity (Wildman–Crippen MR) is 91.0 cm³/mol. The zero-order valence-electron chi connectivity index (χ0n) is 13.8. The first-order valence-electron chi connectivity index (χ1n) is 7.72. The number of benzene rings is 2. The second kappa shape index (κ2) is 8.15. The number of rotatable bonds is 7. The van der Waals surface area contributed by atoms with Crippen molar-refractivity contribution in [3.8, 4) is 5.75 Å². The lowest BCUT2D eigenvalue weighted by Gasteiger charge is -2.19. The molecule has 0 fully saturated rings. The summed E-state index contributed by atoms with van der Waals surface area (Å²) in [4.78, 5) is 24.6. The summed E-state index contributed by atoms with van der Waals surface area (Å²) in [6.07, 6.45) is 0. The van der Waals surface area contributed by atoms with Gasteiger partial charge in [-0.15, -0.1) is 0 Å². The van der Waals surface area contributed by atoms with E-state index in [9.17, 15) is 9.59 Å². The molecule has 0 aliphatic carbocycles. The number of aliphatic carboxylic acids is 1. The fraction of sp³-hybridized carbons (Fsp3) is 0.263. The smallest absolute Gasteiger partial charge is 0.308 e. The second-order valence-electron chi connectivity index (χ2n) is 5.72. The summed E-state index contributed by atoms with van der Waals surface area (Å²) in [7, 11) is 1.60. The molecule has 5 nitrogen and oxygen atoms in total. The largest absolute Gasteiger partial charge is 0.489 e. The Balaban J connectivity index is 1.93. The van der Waals surface area contributed by atoms with Gasteiger partial charge in [0, 0.05) is 19.2 Å². The molecule has 2 rings (SSSR count). The molecule has 0 bridgehead atoms. The van der Waals surface area contributed by atoms with Gasteiger partial charge in [-0.1, -0.05) is 37.3 Å². The molecule has 5 heteroatoms. The molecule has 126 valence electrons. The summed E-state index contributed by atoms with van der Waals surface area (Å²) in [5.41, 5.74) is 1.57. The molecule has 2 aromatic carbocycles. The van der Waals surface area contributed by atoms with Crippen molar-refractivity contribution in [3.05, 3.63) is 65.7 Å². The third-order valence-electron chi connectivity index (χ3n) is 3.67. The van der Waals surface area contributed by atoms with Gasteiger partial charge in [0.25, 0.3) is 5.91 Å². The van der Waals surface area contributed by atoms with Crippen LogP contribution in [0.5, 0.6) is 5.75 Å². The number of ether oxygens (including phenoxy) is 1. The SMILES string of the molecule is CC(CN(C)C(=O)c1ccc(OCc2ccccc2)cc1)C(=O)O. The van der Waals surface area contributed by atoms with Crippen LogP contribution in [-0.4, -0.2) is 35.5 Å². The minimum Gasteiger partial charge on any atom is -0.489 e. The molecule has 0 spiro atoms. The van der Waals surface area contributed by atoms with Crippen molar-refractivity contribution in [2.24, 2.45) is 5.92 Å². The quantitative estimate of drug-likeness (QED) is 0.849. The summed E-state index contributed by atoms with van der Waals surface area (Å²) in [5.74, 6) is -1.05. The maximum absolute atomic E-state index is 12.3. The van der Waals surface area contributed by atoms with Crippen molar-refractivity contribution in [3.63, 3.8) is 0 Å². The van der Waals surface area contributed by atoms with Crippen LogP contribution in [-0.2, 0) is 11.4 Å². The highest BCUT2D eigenvalue weighted by Crippen LogP contribution is 2.15. The topological polar surface area (TPSA) is 66.8 Å². The monoisotopic (exact) mass is 327 g/mol. The molecule has 2 aromatic rings. The number of hydrogen-bond acceptors (Lipinski definition) is 3. The van der Waals surface area contributed by atoms with Gasteiger partial charge in [0.1, 0.15) is 12.4 Å². The van der Waals surface area contributed by atoms with Gasteiger partial charge in [-0.2, -0.15) is 0 Å². The fourth-order valence-corrected chi connectivity index (χ4v) is 2.23. The zero-order valence-corrected chi connectivity index (χ0v) is 13.8. The van der Waals surface area contributed by atoms with E-state index in [0.29, 0.717) is 17.9 Å². The van der Waals surface area contributed by atoms with Gasteiger partial charge in [-0.25, -0.2) is 0 Å². The molecule has 24 heavy (non-hydrogen) atoms. The van der Waals surface area contributed by atoms with E-state index in [-0.39, 0.29) is 12.5 Å². The van der Waals surface area contributed by atoms with Crippen LogP contribution < -0.4 is 4.74 Å². The van der Waals surface area contributed by atoms with Crippen LogP contribution in [0.15, 0.2) is 54.6 Å². The molecule has 0 heterocycles. The molecule has 0 aliphatic rings. The number of nitrogens with zero attached hydrogens (tertiary/aromatic N) is 1. The molecule has 0 aromatic heterocycles. The van der Waals surface area contributed by atoms with E-state index in [1.54, 1.807) is 38.2 Å². The Kier molecular flexibility index (Phi) is 5.95. The number of carboxylic acid groups (broad SMARTS) is 1. The minimum absolute atomic E-state index is 0.167. The van der Waals surface area contributed by atoms with Gasteiger partial charge in [0.2, 0.25) is 0 Å². The lowest BCUT2D eigenvalue weighted by molar-refractivity contribution is -0.141. The highest BCUT2D eigenvalue weighted by molar-refractivity contribution is 5.94. The summed E-state index contributed by atoms with van der Waals surface area (Å²) in [6.45, 7) is 2.21. The van der Waals surface area contributed by atoms with E-state index in [0.717, 1.165) is 5.56 Å². The van der Waals surface area contributed by atoms with Gasteiger partial charge in [0.05, 0.1) is 5.92 Å². The Morgan fingerprint density at radius 1 is 1.08 bits per heavy atom. The number of amides is 1. The summed E-state index contributed by atoms with van der Waals surface area (Å²) in [5, 5.41) is 8.92. The van der Waals surface area contributed by atoms with Gasteiger partial charge in [0.15, 0.2) is 0 Å². The van der Waals surface area contributed by atoms with E-state index in [2.05, 4.69) is 0 Å². The average Bonchev–Trinajstić information content (AvgIpc) is 2.60. The van der Waals surface area contributed by atoms with Crippen LogP contribution in [0.3, 0.4) is 0 Å². The molecule has 0 radical (unpaired) electrons. The van der Waals surface area contributed by atoms with Crippen molar-refractivity contribution < 1.29 is 19.4 Å². The number of hydrogen-bond donors (Lipinski definition) is 1. The van der Waals surface area contributed by atoms with E-state index in [1.807, 2.05) is 30.3 Å². The van der Waals surface area contributed by atoms with E-state index in [4.69, 9.17) is 9.84 Å². The molecule has 0 saturated heterocycles. The maximum atomic E-state index is 12.3. The molecule has 1 atom stereocenters. The molecule has 0 saturated carbocycles. The van der Waals surface area contributed by atoms with Crippen molar-refractivity contribution in [1.82, 2.24) is 4.90 Å². The Morgan fingerprint density at radius 3 is 2.29 bits per heavy atom. The Morgan fingerprint density at radius 2 is 1.71 bits per heavy atom. The van der Waals surface area contributed by atoms with E-state index in [1.165, 1.54) is 4.90 Å². The summed E-state index contributed by atoms with van der Waals surface area (Å²) < 4.78 is 5.68. The standard InChI is InChI=1S/C19H21NO4/c1-14(19(22)23)12-20(2)18(21)16-8-10-17(11-9-16)24-13-15-6-4-3-5-7-15/h3-11,14H,12-13H2,1-2H3,(H,22,23). The number of carbonyl (C=O) groups excluding carboxylic acids is 1. The zero-order chi connectivity index (χ0) is 17.5. The number of carboxylic acids is 1. The minimum atomic E-state index is -0.917. The first-order valence-corrected chi connectivity index (χ1v) is 7.72. The highest BCUT2D eigenvalue weighted by atomic mass is 16.5. The highest BCUT2D eigenvalue weighted by Gasteiger charge is 2.18. The fourth-order valence-electron chi connectivity index (χ4n) is 2.23. The molecule has 1 unspecified atom stereocenters. The summed E-state index contributed by atoms with van der Waals surface area (Å²) in [6, 6.07) is 16.7. The lowest BCUT2D eigenvalue weighted by atomic mass is 10.1. The first-order chi connectivity index (χ1) is 11.5. The van der Waals surface area contributed by atoms with Crippen LogP contribution in [0.1, 0.15) is 22.8 Å². The van der Waals surface area contributed by atoms with Crippen LogP contribution in [0, 0.1) is 5.92 Å². The Labute approximate surface area is 141 Å². The van der Waals surface area contributed by atoms with Gasteiger partial charge in [-0.3, -0.25) is 9.59 Å². The molecular weight excluding hydrogens is 306 g/mol. The van der Waals surface area contributed by atoms with Crippen molar-refractivity contribution in [2.45, 2.75) is 13.5 Å². The molecule has 1 N–H and O–H groups in total. The molecular formula is C19H21NO4. The normalized spacial score (nSPS) is 11.6. The third kappa shape index (κ3) is 4.84. The molecule has 1 amide bonds. The third-order valence-corrected chi connectivity index (χ3v) is 3.67. The Hall–Kier alpha value is -2.82. The van der Waals surface area contributed by atoms with Crippen LogP contribution in [0.4, 0.5) is 0 Å². The average molecular weight is 327 g/mol. The van der Waals surface area contributed by atoms with E-state index >= 15 is 0 Å². The van der Waals surface area contributed by atoms with Crippen LogP contribution >= 0.6 is 0 Å². The van der Waals surface area contributed by atoms with E-state index < -0.39 is 11.9 Å². The van der Waals surface area contributed by atoms with Gasteiger partial charge >= 0.3 is 5.97 Å². The van der Waals surface area contributed by atoms with Crippen LogP contribution in [0.25, 0.3) is 0 Å². The lowest BCUT2D eigenvalue weighted by Crippen LogP contribution is -2.33. The Bertz CT molecular complexity index is 682. The van der Waals surface area contributed by atoms with Crippen molar-refractivity contribution in [1.29, 1.82) is 0 Å². The number of carbonyl (C=O) groups is 2. The first kappa shape index (κ1) is 17.5. The second-order valence-corrected chi connectivity index (χ2v) is 5.72. The van der Waals surface area contributed by atoms with Crippen molar-refractivity contribution >= 4 is 11.9 Å². The van der Waals surface area contributed by atoms with Gasteiger partial charge < -0.3 is 14.7 Å². The summed E-state index contributed by atoms with van der Waals surface area (Å²) >= 11 is 0. The van der Waals surface area contributed by atoms with Crippen LogP contribution in [0.2, 0.25) is 0 Å². The molecule has 0 aliphatic heterocycles. The predicted octanol–water partition coefficient (Wildman–Crippen LogP) is 3.06. The van der Waals surface area contributed by atoms with Gasteiger partial charge in [-0.05, 0) is 29.8 Å². The van der Waals surface area contributed by atoms with Crippen molar-refractivity contribution in [2.75, 3.05) is 13.6 Å². The maximum Gasteiger partial charge on any atom is 0.308 e.